The van der Waals surface area contributed by atoms with Crippen LogP contribution in [0.5, 0.6) is 11.9 Å². The van der Waals surface area contributed by atoms with Gasteiger partial charge in [-0.15, -0.1) is 0 Å². The highest BCUT2D eigenvalue weighted by molar-refractivity contribution is 5.72. The fourth-order valence-electron chi connectivity index (χ4n) is 2.83. The highest BCUT2D eigenvalue weighted by Crippen LogP contribution is 2.30. The van der Waals surface area contributed by atoms with Gasteiger partial charge in [-0.05, 0) is 44.0 Å². The van der Waals surface area contributed by atoms with Crippen LogP contribution in [0, 0.1) is 0 Å². The third-order valence-corrected chi connectivity index (χ3v) is 3.97. The van der Waals surface area contributed by atoms with Gasteiger partial charge in [0.1, 0.15) is 17.9 Å². The van der Waals surface area contributed by atoms with Gasteiger partial charge in [-0.3, -0.25) is 14.7 Å². The molecule has 0 unspecified atom stereocenters. The first kappa shape index (κ1) is 14.8. The van der Waals surface area contributed by atoms with Crippen LogP contribution in [0.15, 0.2) is 23.2 Å². The summed E-state index contributed by atoms with van der Waals surface area (Å²) in [5, 5.41) is 0. The summed E-state index contributed by atoms with van der Waals surface area (Å²) in [6.07, 6.45) is 4.98. The number of hydrogen-bond acceptors (Lipinski definition) is 5. The van der Waals surface area contributed by atoms with E-state index in [4.69, 9.17) is 9.47 Å². The third kappa shape index (κ3) is 3.06. The van der Waals surface area contributed by atoms with Crippen molar-refractivity contribution in [3.63, 3.8) is 0 Å². The van der Waals surface area contributed by atoms with E-state index in [0.29, 0.717) is 17.9 Å². The number of rotatable bonds is 5. The van der Waals surface area contributed by atoms with Crippen LogP contribution in [0.3, 0.4) is 0 Å². The molecule has 1 aromatic rings. The molecule has 1 N–H and O–H groups in total. The van der Waals surface area contributed by atoms with Gasteiger partial charge in [0.25, 0.3) is 11.6 Å². The quantitative estimate of drug-likeness (QED) is 0.900. The summed E-state index contributed by atoms with van der Waals surface area (Å²) in [6, 6.07) is 0.202. The van der Waals surface area contributed by atoms with E-state index in [9.17, 15) is 4.79 Å². The molecule has 3 rings (SSSR count). The molecule has 0 radical (unpaired) electrons. The second-order valence-corrected chi connectivity index (χ2v) is 5.54. The Morgan fingerprint density at radius 2 is 2.23 bits per heavy atom. The Morgan fingerprint density at radius 3 is 2.95 bits per heavy atom. The molecule has 1 fully saturated rings. The maximum atomic E-state index is 12.2. The topological polar surface area (TPSA) is 67.5 Å². The van der Waals surface area contributed by atoms with Gasteiger partial charge >= 0.3 is 0 Å². The fourth-order valence-corrected chi connectivity index (χ4v) is 2.83. The normalized spacial score (nSPS) is 17.9. The summed E-state index contributed by atoms with van der Waals surface area (Å²) in [5.74, 6) is 0.773. The lowest BCUT2D eigenvalue weighted by molar-refractivity contribution is 0.222. The number of hydrogen-bond donors (Lipinski definition) is 1. The Balaban J connectivity index is 1.73. The van der Waals surface area contributed by atoms with Crippen LogP contribution >= 0.6 is 0 Å². The molecule has 6 nitrogen and oxygen atoms in total. The lowest BCUT2D eigenvalue weighted by Gasteiger charge is -2.18. The summed E-state index contributed by atoms with van der Waals surface area (Å²) in [7, 11) is 0. The summed E-state index contributed by atoms with van der Waals surface area (Å²) < 4.78 is 11.1. The lowest BCUT2D eigenvalue weighted by atomic mass is 10.0. The predicted octanol–water partition coefficient (Wildman–Crippen LogP) is 1.94. The molecule has 0 saturated carbocycles. The molecule has 3 heterocycles. The Kier molecular flexibility index (Phi) is 4.29. The van der Waals surface area contributed by atoms with E-state index in [2.05, 4.69) is 21.4 Å². The molecule has 2 aliphatic heterocycles. The van der Waals surface area contributed by atoms with Crippen molar-refractivity contribution in [2.24, 2.45) is 0 Å². The van der Waals surface area contributed by atoms with Crippen molar-refractivity contribution < 1.29 is 9.47 Å². The van der Waals surface area contributed by atoms with Gasteiger partial charge in [0, 0.05) is 6.54 Å². The highest BCUT2D eigenvalue weighted by atomic mass is 16.5. The summed E-state index contributed by atoms with van der Waals surface area (Å²) in [6.45, 7) is 9.34. The summed E-state index contributed by atoms with van der Waals surface area (Å²) in [5.41, 5.74) is 1.12. The number of ether oxygens (including phenoxy) is 2. The molecule has 1 saturated heterocycles. The molecule has 0 bridgehead atoms. The first-order valence-electron chi connectivity index (χ1n) is 7.74. The molecule has 6 heteroatoms. The first-order chi connectivity index (χ1) is 10.7. The van der Waals surface area contributed by atoms with E-state index in [-0.39, 0.29) is 17.4 Å². The van der Waals surface area contributed by atoms with Gasteiger partial charge < -0.3 is 9.47 Å². The third-order valence-electron chi connectivity index (χ3n) is 3.97. The van der Waals surface area contributed by atoms with Crippen molar-refractivity contribution in [3.8, 4) is 11.9 Å². The molecule has 22 heavy (non-hydrogen) atoms. The Hall–Kier alpha value is -2.08. The van der Waals surface area contributed by atoms with Crippen molar-refractivity contribution in [2.45, 2.75) is 26.2 Å². The molecular formula is C16H21N3O3. The van der Waals surface area contributed by atoms with Gasteiger partial charge in [0.2, 0.25) is 5.88 Å². The smallest absolute Gasteiger partial charge is 0.299 e. The number of fused-ring (bicyclic) bond motifs is 1. The van der Waals surface area contributed by atoms with Crippen molar-refractivity contribution in [2.75, 3.05) is 26.2 Å². The molecule has 0 aromatic carbocycles. The van der Waals surface area contributed by atoms with E-state index >= 15 is 0 Å². The van der Waals surface area contributed by atoms with Crippen molar-refractivity contribution >= 4 is 5.57 Å². The first-order valence-corrected chi connectivity index (χ1v) is 7.74. The zero-order chi connectivity index (χ0) is 15.5. The van der Waals surface area contributed by atoms with Gasteiger partial charge in [0.05, 0.1) is 0 Å². The summed E-state index contributed by atoms with van der Waals surface area (Å²) in [4.78, 5) is 21.5. The van der Waals surface area contributed by atoms with Crippen molar-refractivity contribution in [1.29, 1.82) is 0 Å². The fraction of sp³-hybridized carbons (Fsp3) is 0.500. The Morgan fingerprint density at radius 1 is 1.45 bits per heavy atom. The van der Waals surface area contributed by atoms with Crippen LogP contribution in [0.2, 0.25) is 0 Å². The number of aromatic nitrogens is 2. The van der Waals surface area contributed by atoms with Gasteiger partial charge in [0.15, 0.2) is 0 Å². The van der Waals surface area contributed by atoms with E-state index in [1.807, 2.05) is 6.92 Å². The maximum absolute atomic E-state index is 12.2. The van der Waals surface area contributed by atoms with E-state index < -0.39 is 0 Å². The minimum atomic E-state index is -0.234. The van der Waals surface area contributed by atoms with Gasteiger partial charge in [-0.2, -0.15) is 4.98 Å². The molecule has 2 aliphatic rings. The van der Waals surface area contributed by atoms with Crippen LogP contribution in [0.1, 0.15) is 31.7 Å². The zero-order valence-electron chi connectivity index (χ0n) is 12.9. The van der Waals surface area contributed by atoms with E-state index in [1.165, 1.54) is 12.8 Å². The molecule has 0 atom stereocenters. The number of likely N-dealkylation sites (tertiary alicyclic amines) is 1. The van der Waals surface area contributed by atoms with E-state index in [0.717, 1.165) is 31.6 Å². The van der Waals surface area contributed by atoms with Crippen LogP contribution in [0.25, 0.3) is 5.57 Å². The van der Waals surface area contributed by atoms with Crippen LogP contribution in [0.4, 0.5) is 0 Å². The van der Waals surface area contributed by atoms with Crippen molar-refractivity contribution in [3.05, 3.63) is 34.3 Å². The largest absolute Gasteiger partial charge is 0.463 e. The van der Waals surface area contributed by atoms with Crippen LogP contribution in [-0.2, 0) is 0 Å². The Labute approximate surface area is 129 Å². The van der Waals surface area contributed by atoms with Crippen LogP contribution < -0.4 is 15.0 Å². The maximum Gasteiger partial charge on any atom is 0.299 e. The number of H-pyrrole nitrogens is 1. The average molecular weight is 303 g/mol. The second-order valence-electron chi connectivity index (χ2n) is 5.54. The molecule has 0 spiro atoms. The minimum absolute atomic E-state index is 0.202. The monoisotopic (exact) mass is 303 g/mol. The van der Waals surface area contributed by atoms with Gasteiger partial charge in [-0.1, -0.05) is 13.5 Å². The van der Waals surface area contributed by atoms with E-state index in [1.54, 1.807) is 6.08 Å². The second kappa shape index (κ2) is 6.36. The molecule has 1 aromatic heterocycles. The number of aromatic amines is 1. The van der Waals surface area contributed by atoms with Crippen molar-refractivity contribution in [1.82, 2.24) is 14.9 Å². The SMILES string of the molecule is C=C1C=C(CC)c2c(nc(OCCN3CCCC3)[nH]c2=O)O1. The number of allylic oxidation sites excluding steroid dienone is 2. The number of nitrogens with one attached hydrogen (secondary N) is 1. The Bertz CT molecular complexity index is 657. The molecule has 0 amide bonds. The predicted molar refractivity (Wildman–Crippen MR) is 84.1 cm³/mol. The van der Waals surface area contributed by atoms with Crippen LogP contribution in [-0.4, -0.2) is 41.1 Å². The zero-order valence-corrected chi connectivity index (χ0v) is 12.9. The molecule has 118 valence electrons. The standard InChI is InChI=1S/C16H21N3O3/c1-3-12-10-11(2)22-15-13(12)14(20)17-16(18-15)21-9-8-19-6-4-5-7-19/h10H,2-9H2,1H3,(H,17,18,20). The average Bonchev–Trinajstić information content (AvgIpc) is 2.99. The molecular weight excluding hydrogens is 282 g/mol. The number of nitrogens with zero attached hydrogens (tertiary/aromatic N) is 2. The lowest BCUT2D eigenvalue weighted by Crippen LogP contribution is -2.26. The van der Waals surface area contributed by atoms with Gasteiger partial charge in [-0.25, -0.2) is 0 Å². The minimum Gasteiger partial charge on any atom is -0.463 e. The molecule has 0 aliphatic carbocycles. The summed E-state index contributed by atoms with van der Waals surface area (Å²) >= 11 is 0. The highest BCUT2D eigenvalue weighted by Gasteiger charge is 2.22.